The number of rotatable bonds is 8. The van der Waals surface area contributed by atoms with Crippen LogP contribution >= 0.6 is 0 Å². The third-order valence-corrected chi connectivity index (χ3v) is 5.53. The van der Waals surface area contributed by atoms with Gasteiger partial charge in [0, 0.05) is 44.0 Å². The molecule has 1 saturated heterocycles. The van der Waals surface area contributed by atoms with Crippen molar-refractivity contribution < 1.29 is 9.53 Å². The van der Waals surface area contributed by atoms with Crippen LogP contribution in [0.1, 0.15) is 16.8 Å². The average molecular weight is 416 g/mol. The van der Waals surface area contributed by atoms with Crippen LogP contribution in [-0.2, 0) is 0 Å². The number of carbonyl (C=O) groups excluding carboxylic acids is 1. The van der Waals surface area contributed by atoms with E-state index in [1.54, 1.807) is 12.1 Å². The summed E-state index contributed by atoms with van der Waals surface area (Å²) in [6.45, 7) is 5.91. The summed E-state index contributed by atoms with van der Waals surface area (Å²) in [5, 5.41) is 3.03. The summed E-state index contributed by atoms with van der Waals surface area (Å²) in [5.41, 5.74) is 1.95. The molecule has 1 N–H and O–H groups in total. The predicted octanol–water partition coefficient (Wildman–Crippen LogP) is 4.42. The van der Waals surface area contributed by atoms with Gasteiger partial charge in [0.15, 0.2) is 0 Å². The van der Waals surface area contributed by atoms with Crippen LogP contribution in [-0.4, -0.2) is 50.1 Å². The van der Waals surface area contributed by atoms with Gasteiger partial charge in [-0.3, -0.25) is 9.69 Å². The lowest BCUT2D eigenvalue weighted by Crippen LogP contribution is -2.47. The molecule has 0 unspecified atom stereocenters. The van der Waals surface area contributed by atoms with Crippen LogP contribution in [0.3, 0.4) is 0 Å². The lowest BCUT2D eigenvalue weighted by Gasteiger charge is -2.36. The topological polar surface area (TPSA) is 44.8 Å². The van der Waals surface area contributed by atoms with Crippen LogP contribution in [0.25, 0.3) is 0 Å². The van der Waals surface area contributed by atoms with Crippen LogP contribution in [0.4, 0.5) is 5.69 Å². The molecule has 0 aliphatic carbocycles. The number of anilines is 1. The Morgan fingerprint density at radius 1 is 0.774 bits per heavy atom. The van der Waals surface area contributed by atoms with Crippen molar-refractivity contribution in [3.8, 4) is 11.5 Å². The van der Waals surface area contributed by atoms with Gasteiger partial charge >= 0.3 is 0 Å². The molecule has 1 aliphatic rings. The highest BCUT2D eigenvalue weighted by molar-refractivity contribution is 5.94. The number of carbonyl (C=O) groups is 1. The zero-order valence-electron chi connectivity index (χ0n) is 17.7. The van der Waals surface area contributed by atoms with Gasteiger partial charge in [0.05, 0.1) is 0 Å². The highest BCUT2D eigenvalue weighted by atomic mass is 16.5. The maximum atomic E-state index is 12.4. The molecule has 5 nitrogen and oxygen atoms in total. The molecule has 0 aromatic heterocycles. The van der Waals surface area contributed by atoms with Crippen LogP contribution in [0, 0.1) is 0 Å². The van der Waals surface area contributed by atoms with Gasteiger partial charge in [-0.15, -0.1) is 0 Å². The molecule has 1 aliphatic heterocycles. The maximum Gasteiger partial charge on any atom is 0.251 e. The number of amides is 1. The molecule has 3 aromatic rings. The summed E-state index contributed by atoms with van der Waals surface area (Å²) in [7, 11) is 0. The van der Waals surface area contributed by atoms with Crippen molar-refractivity contribution in [2.45, 2.75) is 6.42 Å². The first kappa shape index (κ1) is 20.9. The predicted molar refractivity (Wildman–Crippen MR) is 125 cm³/mol. The van der Waals surface area contributed by atoms with E-state index < -0.39 is 0 Å². The molecule has 0 spiro atoms. The third kappa shape index (κ3) is 6.09. The van der Waals surface area contributed by atoms with Crippen molar-refractivity contribution in [2.75, 3.05) is 44.2 Å². The number of piperazine rings is 1. The molecular weight excluding hydrogens is 386 g/mol. The largest absolute Gasteiger partial charge is 0.457 e. The zero-order valence-corrected chi connectivity index (χ0v) is 17.7. The summed E-state index contributed by atoms with van der Waals surface area (Å²) in [6, 6.07) is 27.5. The lowest BCUT2D eigenvalue weighted by molar-refractivity contribution is 0.0951. The molecule has 3 aromatic carbocycles. The van der Waals surface area contributed by atoms with E-state index in [1.807, 2.05) is 42.5 Å². The van der Waals surface area contributed by atoms with Gasteiger partial charge in [-0.2, -0.15) is 0 Å². The monoisotopic (exact) mass is 415 g/mol. The highest BCUT2D eigenvalue weighted by Crippen LogP contribution is 2.21. The molecule has 1 fully saturated rings. The molecule has 31 heavy (non-hydrogen) atoms. The van der Waals surface area contributed by atoms with Gasteiger partial charge < -0.3 is 15.0 Å². The Balaban J connectivity index is 1.15. The minimum atomic E-state index is -0.0415. The van der Waals surface area contributed by atoms with Gasteiger partial charge in [-0.05, 0) is 61.5 Å². The van der Waals surface area contributed by atoms with E-state index in [2.05, 4.69) is 45.4 Å². The van der Waals surface area contributed by atoms with E-state index in [9.17, 15) is 4.79 Å². The Bertz CT molecular complexity index is 937. The number of nitrogens with one attached hydrogen (secondary N) is 1. The van der Waals surface area contributed by atoms with E-state index in [4.69, 9.17) is 4.74 Å². The van der Waals surface area contributed by atoms with Gasteiger partial charge in [0.25, 0.3) is 5.91 Å². The average Bonchev–Trinajstić information content (AvgIpc) is 2.84. The minimum absolute atomic E-state index is 0.0415. The van der Waals surface area contributed by atoms with E-state index in [0.29, 0.717) is 12.1 Å². The zero-order chi connectivity index (χ0) is 21.3. The van der Waals surface area contributed by atoms with Crippen LogP contribution < -0.4 is 15.0 Å². The SMILES string of the molecule is O=C(NCCCN1CCN(c2ccccc2)CC1)c1ccc(Oc2ccccc2)cc1. The van der Waals surface area contributed by atoms with Gasteiger partial charge in [-0.25, -0.2) is 0 Å². The Morgan fingerprint density at radius 2 is 1.39 bits per heavy atom. The Morgan fingerprint density at radius 3 is 2.06 bits per heavy atom. The molecule has 0 radical (unpaired) electrons. The van der Waals surface area contributed by atoms with E-state index in [1.165, 1.54) is 5.69 Å². The number of para-hydroxylation sites is 2. The Hall–Kier alpha value is -3.31. The molecule has 1 heterocycles. The van der Waals surface area contributed by atoms with Crippen molar-refractivity contribution in [3.05, 3.63) is 90.5 Å². The molecule has 4 rings (SSSR count). The fraction of sp³-hybridized carbons (Fsp3) is 0.269. The number of benzene rings is 3. The molecule has 1 amide bonds. The normalized spacial score (nSPS) is 14.3. The molecule has 0 atom stereocenters. The summed E-state index contributed by atoms with van der Waals surface area (Å²) < 4.78 is 5.77. The van der Waals surface area contributed by atoms with E-state index in [0.717, 1.165) is 50.6 Å². The van der Waals surface area contributed by atoms with Crippen LogP contribution in [0.2, 0.25) is 0 Å². The quantitative estimate of drug-likeness (QED) is 0.553. The maximum absolute atomic E-state index is 12.4. The summed E-state index contributed by atoms with van der Waals surface area (Å²) >= 11 is 0. The van der Waals surface area contributed by atoms with Crippen molar-refractivity contribution in [3.63, 3.8) is 0 Å². The second-order valence-corrected chi connectivity index (χ2v) is 7.71. The Kier molecular flexibility index (Phi) is 7.19. The number of ether oxygens (including phenoxy) is 1. The first-order chi connectivity index (χ1) is 15.3. The molecular formula is C26H29N3O2. The second kappa shape index (κ2) is 10.6. The van der Waals surface area contributed by atoms with Crippen molar-refractivity contribution in [1.82, 2.24) is 10.2 Å². The van der Waals surface area contributed by atoms with Gasteiger partial charge in [-0.1, -0.05) is 36.4 Å². The minimum Gasteiger partial charge on any atom is -0.457 e. The van der Waals surface area contributed by atoms with Crippen molar-refractivity contribution in [2.24, 2.45) is 0 Å². The van der Waals surface area contributed by atoms with Crippen molar-refractivity contribution in [1.29, 1.82) is 0 Å². The van der Waals surface area contributed by atoms with Crippen molar-refractivity contribution >= 4 is 11.6 Å². The molecule has 5 heteroatoms. The molecule has 0 bridgehead atoms. The van der Waals surface area contributed by atoms with Gasteiger partial charge in [0.1, 0.15) is 11.5 Å². The number of hydrogen-bond donors (Lipinski definition) is 1. The second-order valence-electron chi connectivity index (χ2n) is 7.71. The molecule has 0 saturated carbocycles. The summed E-state index contributed by atoms with van der Waals surface area (Å²) in [5.74, 6) is 1.46. The van der Waals surface area contributed by atoms with Crippen LogP contribution in [0.15, 0.2) is 84.9 Å². The fourth-order valence-corrected chi connectivity index (χ4v) is 3.77. The number of hydrogen-bond acceptors (Lipinski definition) is 4. The highest BCUT2D eigenvalue weighted by Gasteiger charge is 2.16. The van der Waals surface area contributed by atoms with Gasteiger partial charge in [0.2, 0.25) is 0 Å². The van der Waals surface area contributed by atoms with E-state index in [-0.39, 0.29) is 5.91 Å². The Labute approximate surface area is 184 Å². The lowest BCUT2D eigenvalue weighted by atomic mass is 10.2. The first-order valence-electron chi connectivity index (χ1n) is 10.9. The standard InChI is InChI=1S/C26H29N3O2/c30-26(22-12-14-25(15-13-22)31-24-10-5-2-6-11-24)27-16-7-17-28-18-20-29(21-19-28)23-8-3-1-4-9-23/h1-6,8-15H,7,16-21H2,(H,27,30). The summed E-state index contributed by atoms with van der Waals surface area (Å²) in [4.78, 5) is 17.3. The number of nitrogens with zero attached hydrogens (tertiary/aromatic N) is 2. The third-order valence-electron chi connectivity index (χ3n) is 5.53. The smallest absolute Gasteiger partial charge is 0.251 e. The fourth-order valence-electron chi connectivity index (χ4n) is 3.77. The first-order valence-corrected chi connectivity index (χ1v) is 10.9. The van der Waals surface area contributed by atoms with Crippen LogP contribution in [0.5, 0.6) is 11.5 Å². The molecule has 160 valence electrons. The van der Waals surface area contributed by atoms with E-state index >= 15 is 0 Å². The summed E-state index contributed by atoms with van der Waals surface area (Å²) in [6.07, 6.45) is 0.951.